The van der Waals surface area contributed by atoms with Gasteiger partial charge in [0.1, 0.15) is 5.76 Å². The summed E-state index contributed by atoms with van der Waals surface area (Å²) >= 11 is 12.5. The minimum atomic E-state index is -0.776. The highest BCUT2D eigenvalue weighted by Crippen LogP contribution is 2.42. The van der Waals surface area contributed by atoms with Gasteiger partial charge in [0.25, 0.3) is 11.7 Å². The normalized spacial score (nSPS) is 18.0. The van der Waals surface area contributed by atoms with E-state index in [2.05, 4.69) is 0 Å². The van der Waals surface area contributed by atoms with Gasteiger partial charge >= 0.3 is 0 Å². The summed E-state index contributed by atoms with van der Waals surface area (Å²) < 4.78 is 10.8. The lowest BCUT2D eigenvalue weighted by Gasteiger charge is -2.26. The minimum absolute atomic E-state index is 0.0205. The molecule has 1 N–H and O–H groups in total. The first-order valence-corrected chi connectivity index (χ1v) is 10.9. The van der Waals surface area contributed by atoms with Crippen molar-refractivity contribution in [3.05, 3.63) is 68.7 Å². The van der Waals surface area contributed by atoms with Gasteiger partial charge in [-0.2, -0.15) is 0 Å². The second-order valence-electron chi connectivity index (χ2n) is 7.80. The van der Waals surface area contributed by atoms with Crippen LogP contribution in [0.4, 0.5) is 0 Å². The van der Waals surface area contributed by atoms with Crippen LogP contribution in [0.15, 0.2) is 42.0 Å². The van der Waals surface area contributed by atoms with Gasteiger partial charge in [0.05, 0.1) is 41.5 Å². The van der Waals surface area contributed by atoms with Crippen molar-refractivity contribution in [1.29, 1.82) is 0 Å². The second-order valence-corrected chi connectivity index (χ2v) is 8.61. The van der Waals surface area contributed by atoms with Crippen LogP contribution in [-0.2, 0) is 14.3 Å². The van der Waals surface area contributed by atoms with Crippen LogP contribution in [0, 0.1) is 6.92 Å². The van der Waals surface area contributed by atoms with Crippen molar-refractivity contribution < 1.29 is 24.2 Å². The lowest BCUT2D eigenvalue weighted by atomic mass is 9.94. The number of nitrogens with zero attached hydrogens (tertiary/aromatic N) is 1. The Morgan fingerprint density at radius 3 is 2.38 bits per heavy atom. The monoisotopic (exact) mass is 477 g/mol. The lowest BCUT2D eigenvalue weighted by molar-refractivity contribution is -0.140. The summed E-state index contributed by atoms with van der Waals surface area (Å²) in [7, 11) is 1.43. The molecule has 8 heteroatoms. The molecule has 1 atom stereocenters. The topological polar surface area (TPSA) is 76.1 Å². The number of aliphatic hydroxyl groups is 1. The van der Waals surface area contributed by atoms with Gasteiger partial charge in [-0.1, -0.05) is 53.0 Å². The zero-order valence-electron chi connectivity index (χ0n) is 18.3. The minimum Gasteiger partial charge on any atom is -0.507 e. The number of hydrogen-bond acceptors (Lipinski definition) is 5. The van der Waals surface area contributed by atoms with Crippen LogP contribution in [0.1, 0.15) is 36.6 Å². The summed E-state index contributed by atoms with van der Waals surface area (Å²) in [6.07, 6.45) is -0.0205. The van der Waals surface area contributed by atoms with Gasteiger partial charge < -0.3 is 19.5 Å². The molecule has 170 valence electrons. The molecule has 2 aromatic rings. The molecule has 0 radical (unpaired) electrons. The maximum absolute atomic E-state index is 13.0. The molecule has 0 bridgehead atoms. The Labute approximate surface area is 197 Å². The highest BCUT2D eigenvalue weighted by molar-refractivity contribution is 6.46. The van der Waals surface area contributed by atoms with Crippen LogP contribution in [0.3, 0.4) is 0 Å². The van der Waals surface area contributed by atoms with Crippen molar-refractivity contribution in [2.24, 2.45) is 0 Å². The van der Waals surface area contributed by atoms with Gasteiger partial charge in [-0.15, -0.1) is 0 Å². The number of carbonyl (C=O) groups excluding carboxylic acids is 2. The second kappa shape index (κ2) is 9.94. The fourth-order valence-corrected chi connectivity index (χ4v) is 4.37. The number of aryl methyl sites for hydroxylation is 1. The predicted molar refractivity (Wildman–Crippen MR) is 124 cm³/mol. The summed E-state index contributed by atoms with van der Waals surface area (Å²) in [4.78, 5) is 27.4. The smallest absolute Gasteiger partial charge is 0.295 e. The summed E-state index contributed by atoms with van der Waals surface area (Å²) in [5, 5.41) is 11.5. The molecule has 0 spiro atoms. The van der Waals surface area contributed by atoms with E-state index in [1.54, 1.807) is 0 Å². The van der Waals surface area contributed by atoms with Gasteiger partial charge in [0.15, 0.2) is 5.75 Å². The zero-order valence-corrected chi connectivity index (χ0v) is 19.8. The largest absolute Gasteiger partial charge is 0.507 e. The number of likely N-dealkylation sites (tertiary alicyclic amines) is 1. The number of carbonyl (C=O) groups is 2. The molecule has 1 fully saturated rings. The fraction of sp³-hybridized carbons (Fsp3) is 0.333. The number of Topliss-reactive ketones (excluding diaryl/α,β-unsaturated/α-hetero) is 1. The fourth-order valence-electron chi connectivity index (χ4n) is 3.73. The van der Waals surface area contributed by atoms with Crippen LogP contribution in [0.5, 0.6) is 5.75 Å². The Balaban J connectivity index is 2.15. The molecule has 3 rings (SSSR count). The van der Waals surface area contributed by atoms with Crippen molar-refractivity contribution in [2.45, 2.75) is 32.9 Å². The quantitative estimate of drug-likeness (QED) is 0.338. The predicted octanol–water partition coefficient (Wildman–Crippen LogP) is 5.16. The Morgan fingerprint density at radius 2 is 1.81 bits per heavy atom. The van der Waals surface area contributed by atoms with Gasteiger partial charge in [-0.05, 0) is 38.5 Å². The number of ketones is 1. The van der Waals surface area contributed by atoms with E-state index in [4.69, 9.17) is 32.7 Å². The third kappa shape index (κ3) is 4.77. The van der Waals surface area contributed by atoms with Crippen molar-refractivity contribution in [1.82, 2.24) is 4.90 Å². The number of ether oxygens (including phenoxy) is 2. The highest BCUT2D eigenvalue weighted by Gasteiger charge is 2.46. The Morgan fingerprint density at radius 1 is 1.16 bits per heavy atom. The van der Waals surface area contributed by atoms with E-state index in [0.29, 0.717) is 5.56 Å². The third-order valence-electron chi connectivity index (χ3n) is 5.16. The van der Waals surface area contributed by atoms with E-state index in [-0.39, 0.29) is 51.9 Å². The van der Waals surface area contributed by atoms with Crippen molar-refractivity contribution in [2.75, 3.05) is 20.3 Å². The molecule has 0 saturated carbocycles. The molecular weight excluding hydrogens is 453 g/mol. The van der Waals surface area contributed by atoms with Crippen LogP contribution in [0.25, 0.3) is 5.76 Å². The molecule has 1 amide bonds. The first-order chi connectivity index (χ1) is 15.1. The number of hydrogen-bond donors (Lipinski definition) is 1. The number of halogens is 2. The zero-order chi connectivity index (χ0) is 23.6. The molecule has 1 unspecified atom stereocenters. The summed E-state index contributed by atoms with van der Waals surface area (Å²) in [6.45, 7) is 6.16. The molecule has 1 heterocycles. The van der Waals surface area contributed by atoms with Crippen LogP contribution in [0.2, 0.25) is 10.0 Å². The van der Waals surface area contributed by atoms with Gasteiger partial charge in [0.2, 0.25) is 0 Å². The van der Waals surface area contributed by atoms with E-state index in [1.165, 1.54) is 24.1 Å². The highest BCUT2D eigenvalue weighted by atomic mass is 35.5. The first kappa shape index (κ1) is 24.1. The Kier molecular flexibility index (Phi) is 7.49. The van der Waals surface area contributed by atoms with Crippen LogP contribution < -0.4 is 4.74 Å². The van der Waals surface area contributed by atoms with Crippen molar-refractivity contribution >= 4 is 40.7 Å². The molecular formula is C24H25Cl2NO5. The Bertz CT molecular complexity index is 1060. The van der Waals surface area contributed by atoms with Crippen molar-refractivity contribution in [3.63, 3.8) is 0 Å². The first-order valence-electron chi connectivity index (χ1n) is 10.2. The standard InChI is InChI=1S/C24H25Cl2NO5/c1-13(2)32-9-8-27-20(15-7-5-6-14(3)10-15)19(22(29)24(27)30)21(28)16-11-17(25)23(31-4)18(26)12-16/h5-7,10-13,20,28H,8-9H2,1-4H3/b21-19+. The maximum atomic E-state index is 13.0. The number of rotatable bonds is 7. The molecule has 1 aliphatic rings. The summed E-state index contributed by atoms with van der Waals surface area (Å²) in [6, 6.07) is 9.59. The molecule has 0 aromatic heterocycles. The average molecular weight is 478 g/mol. The lowest BCUT2D eigenvalue weighted by Crippen LogP contribution is -2.33. The molecule has 2 aromatic carbocycles. The molecule has 1 saturated heterocycles. The summed E-state index contributed by atoms with van der Waals surface area (Å²) in [5.74, 6) is -1.57. The van der Waals surface area contributed by atoms with E-state index in [9.17, 15) is 14.7 Å². The van der Waals surface area contributed by atoms with Crippen LogP contribution >= 0.6 is 23.2 Å². The van der Waals surface area contributed by atoms with E-state index < -0.39 is 17.7 Å². The van der Waals surface area contributed by atoms with Crippen molar-refractivity contribution in [3.8, 4) is 5.75 Å². The molecule has 1 aliphatic heterocycles. The molecule has 32 heavy (non-hydrogen) atoms. The number of benzene rings is 2. The Hall–Kier alpha value is -2.54. The van der Waals surface area contributed by atoms with E-state index >= 15 is 0 Å². The number of amides is 1. The third-order valence-corrected chi connectivity index (χ3v) is 5.72. The number of methoxy groups -OCH3 is 1. The van der Waals surface area contributed by atoms with E-state index in [1.807, 2.05) is 45.0 Å². The molecule has 6 nitrogen and oxygen atoms in total. The maximum Gasteiger partial charge on any atom is 0.295 e. The SMILES string of the molecule is COc1c(Cl)cc(/C(O)=C2\C(=O)C(=O)N(CCOC(C)C)C2c2cccc(C)c2)cc1Cl. The van der Waals surface area contributed by atoms with E-state index in [0.717, 1.165) is 5.56 Å². The molecule has 0 aliphatic carbocycles. The van der Waals surface area contributed by atoms with Crippen LogP contribution in [-0.4, -0.2) is 48.1 Å². The van der Waals surface area contributed by atoms with Gasteiger partial charge in [0, 0.05) is 12.1 Å². The van der Waals surface area contributed by atoms with Gasteiger partial charge in [-0.3, -0.25) is 9.59 Å². The summed E-state index contributed by atoms with van der Waals surface area (Å²) in [5.41, 5.74) is 1.86. The van der Waals surface area contributed by atoms with Gasteiger partial charge in [-0.25, -0.2) is 0 Å². The average Bonchev–Trinajstić information content (AvgIpc) is 2.97. The number of aliphatic hydroxyl groups excluding tert-OH is 1.